The molecule has 0 aliphatic carbocycles. The first-order chi connectivity index (χ1) is 12.1. The number of pyridine rings is 1. The Morgan fingerprint density at radius 3 is 2.35 bits per heavy atom. The quantitative estimate of drug-likeness (QED) is 0.397. The number of aromatic nitrogens is 1. The number of nitrogens with zero attached hydrogens (tertiary/aromatic N) is 1. The highest BCUT2D eigenvalue weighted by molar-refractivity contribution is 9.10. The molecule has 0 atom stereocenters. The average molecular weight is 438 g/mol. The number of halogens is 1. The van der Waals surface area contributed by atoms with Gasteiger partial charge < -0.3 is 13.9 Å². The van der Waals surface area contributed by atoms with Gasteiger partial charge in [0.25, 0.3) is 0 Å². The number of methoxy groups -OCH3 is 1. The van der Waals surface area contributed by atoms with Gasteiger partial charge in [-0.2, -0.15) is 0 Å². The molecule has 0 unspecified atom stereocenters. The molecule has 0 saturated heterocycles. The summed E-state index contributed by atoms with van der Waals surface area (Å²) in [6, 6.07) is 7.93. The van der Waals surface area contributed by atoms with Gasteiger partial charge in [0.15, 0.2) is 19.8 Å². The Morgan fingerprint density at radius 2 is 1.73 bits per heavy atom. The van der Waals surface area contributed by atoms with Crippen molar-refractivity contribution >= 4 is 24.2 Å². The molecule has 0 spiro atoms. The van der Waals surface area contributed by atoms with E-state index in [1.807, 2.05) is 30.5 Å². The second-order valence-corrected chi connectivity index (χ2v) is 13.4. The first kappa shape index (κ1) is 20.9. The van der Waals surface area contributed by atoms with Gasteiger partial charge >= 0.3 is 0 Å². The van der Waals surface area contributed by atoms with Gasteiger partial charge in [0.2, 0.25) is 0 Å². The van der Waals surface area contributed by atoms with Crippen molar-refractivity contribution in [2.24, 2.45) is 0 Å². The van der Waals surface area contributed by atoms with Gasteiger partial charge in [-0.3, -0.25) is 4.98 Å². The van der Waals surface area contributed by atoms with Crippen LogP contribution in [-0.2, 0) is 4.43 Å². The SMILES string of the molecule is COc1ccc(-c2cncc(Br)c2)cc1OCCO[Si](C)(C)C(C)(C)C. The van der Waals surface area contributed by atoms with E-state index in [1.54, 1.807) is 13.3 Å². The monoisotopic (exact) mass is 437 g/mol. The maximum atomic E-state index is 6.18. The molecule has 4 nitrogen and oxygen atoms in total. The van der Waals surface area contributed by atoms with E-state index in [4.69, 9.17) is 13.9 Å². The molecule has 142 valence electrons. The molecule has 2 rings (SSSR count). The minimum atomic E-state index is -1.76. The number of hydrogen-bond donors (Lipinski definition) is 0. The second kappa shape index (κ2) is 8.54. The van der Waals surface area contributed by atoms with Crippen LogP contribution in [0.25, 0.3) is 11.1 Å². The molecule has 2 aromatic rings. The molecule has 0 aliphatic rings. The molecule has 1 aromatic heterocycles. The van der Waals surface area contributed by atoms with Gasteiger partial charge in [0, 0.05) is 22.4 Å². The van der Waals surface area contributed by atoms with E-state index < -0.39 is 8.32 Å². The summed E-state index contributed by atoms with van der Waals surface area (Å²) in [4.78, 5) is 4.22. The van der Waals surface area contributed by atoms with Crippen LogP contribution in [0.1, 0.15) is 20.8 Å². The third kappa shape index (κ3) is 5.31. The summed E-state index contributed by atoms with van der Waals surface area (Å²) in [6.45, 7) is 12.3. The Morgan fingerprint density at radius 1 is 1.00 bits per heavy atom. The Bertz CT molecular complexity index is 744. The first-order valence-corrected chi connectivity index (χ1v) is 12.4. The largest absolute Gasteiger partial charge is 0.493 e. The molecular weight excluding hydrogens is 410 g/mol. The van der Waals surface area contributed by atoms with Gasteiger partial charge in [0.1, 0.15) is 6.61 Å². The molecular formula is C20H28BrNO3Si. The summed E-state index contributed by atoms with van der Waals surface area (Å²) in [5.41, 5.74) is 2.05. The third-order valence-electron chi connectivity index (χ3n) is 4.81. The van der Waals surface area contributed by atoms with Crippen molar-refractivity contribution < 1.29 is 13.9 Å². The molecule has 1 aromatic carbocycles. The highest BCUT2D eigenvalue weighted by atomic mass is 79.9. The molecule has 0 bridgehead atoms. The fourth-order valence-corrected chi connectivity index (χ4v) is 3.60. The standard InChI is InChI=1S/C20H28BrNO3Si/c1-20(2,3)26(5,6)25-10-9-24-19-12-15(7-8-18(19)23-4)16-11-17(21)14-22-13-16/h7-8,11-14H,9-10H2,1-6H3. The molecule has 6 heteroatoms. The van der Waals surface area contributed by atoms with Crippen LogP contribution in [0.4, 0.5) is 0 Å². The minimum absolute atomic E-state index is 0.193. The summed E-state index contributed by atoms with van der Waals surface area (Å²) in [6.07, 6.45) is 3.60. The van der Waals surface area contributed by atoms with Crippen molar-refractivity contribution in [2.75, 3.05) is 20.3 Å². The molecule has 0 aliphatic heterocycles. The van der Waals surface area contributed by atoms with Crippen molar-refractivity contribution in [3.63, 3.8) is 0 Å². The predicted octanol–water partition coefficient (Wildman–Crippen LogP) is 5.92. The van der Waals surface area contributed by atoms with E-state index in [0.717, 1.165) is 15.6 Å². The molecule has 0 radical (unpaired) electrons. The normalized spacial score (nSPS) is 12.1. The summed E-state index contributed by atoms with van der Waals surface area (Å²) in [7, 11) is -0.112. The fourth-order valence-electron chi connectivity index (χ4n) is 2.20. The van der Waals surface area contributed by atoms with Crippen LogP contribution < -0.4 is 9.47 Å². The van der Waals surface area contributed by atoms with Crippen molar-refractivity contribution in [1.82, 2.24) is 4.98 Å². The van der Waals surface area contributed by atoms with Gasteiger partial charge in [-0.15, -0.1) is 0 Å². The molecule has 1 heterocycles. The van der Waals surface area contributed by atoms with E-state index in [9.17, 15) is 0 Å². The summed E-state index contributed by atoms with van der Waals surface area (Å²) in [5, 5.41) is 0.193. The van der Waals surface area contributed by atoms with Crippen LogP contribution in [-0.4, -0.2) is 33.6 Å². The van der Waals surface area contributed by atoms with Crippen molar-refractivity contribution in [3.05, 3.63) is 41.1 Å². The zero-order valence-corrected chi connectivity index (χ0v) is 19.0. The molecule has 0 fully saturated rings. The van der Waals surface area contributed by atoms with Crippen LogP contribution in [0.2, 0.25) is 18.1 Å². The Labute approximate surface area is 166 Å². The number of benzene rings is 1. The summed E-state index contributed by atoms with van der Waals surface area (Å²) in [5.74, 6) is 1.42. The zero-order valence-electron chi connectivity index (χ0n) is 16.4. The Kier molecular flexibility index (Phi) is 6.88. The third-order valence-corrected chi connectivity index (χ3v) is 9.78. The topological polar surface area (TPSA) is 40.6 Å². The summed E-state index contributed by atoms with van der Waals surface area (Å²) >= 11 is 3.46. The van der Waals surface area contributed by atoms with Crippen LogP contribution in [0.5, 0.6) is 11.5 Å². The van der Waals surface area contributed by atoms with Crippen molar-refractivity contribution in [1.29, 1.82) is 0 Å². The lowest BCUT2D eigenvalue weighted by atomic mass is 10.1. The van der Waals surface area contributed by atoms with Crippen molar-refractivity contribution in [2.45, 2.75) is 38.9 Å². The Hall–Kier alpha value is -1.37. The highest BCUT2D eigenvalue weighted by Gasteiger charge is 2.36. The van der Waals surface area contributed by atoms with E-state index in [1.165, 1.54) is 0 Å². The second-order valence-electron chi connectivity index (χ2n) is 7.71. The average Bonchev–Trinajstić information content (AvgIpc) is 2.57. The molecule has 0 saturated carbocycles. The van der Waals surface area contributed by atoms with Gasteiger partial charge in [-0.25, -0.2) is 0 Å². The molecule has 0 amide bonds. The van der Waals surface area contributed by atoms with Crippen LogP contribution >= 0.6 is 15.9 Å². The van der Waals surface area contributed by atoms with Gasteiger partial charge in [0.05, 0.1) is 13.7 Å². The lowest BCUT2D eigenvalue weighted by Gasteiger charge is -2.36. The Balaban J connectivity index is 2.07. The smallest absolute Gasteiger partial charge is 0.192 e. The maximum Gasteiger partial charge on any atom is 0.192 e. The first-order valence-electron chi connectivity index (χ1n) is 8.70. The van der Waals surface area contributed by atoms with Crippen molar-refractivity contribution in [3.8, 4) is 22.6 Å². The van der Waals surface area contributed by atoms with Crippen LogP contribution in [0.3, 0.4) is 0 Å². The van der Waals surface area contributed by atoms with E-state index in [-0.39, 0.29) is 5.04 Å². The van der Waals surface area contributed by atoms with E-state index in [0.29, 0.717) is 24.7 Å². The van der Waals surface area contributed by atoms with E-state index >= 15 is 0 Å². The number of ether oxygens (including phenoxy) is 2. The zero-order chi connectivity index (χ0) is 19.4. The van der Waals surface area contributed by atoms with Gasteiger partial charge in [-0.1, -0.05) is 26.8 Å². The fraction of sp³-hybridized carbons (Fsp3) is 0.450. The van der Waals surface area contributed by atoms with E-state index in [2.05, 4.69) is 54.8 Å². The van der Waals surface area contributed by atoms with Crippen LogP contribution in [0.15, 0.2) is 41.1 Å². The summed E-state index contributed by atoms with van der Waals surface area (Å²) < 4.78 is 18.5. The lowest BCUT2D eigenvalue weighted by molar-refractivity contribution is 0.199. The highest BCUT2D eigenvalue weighted by Crippen LogP contribution is 2.37. The maximum absolute atomic E-state index is 6.18. The van der Waals surface area contributed by atoms with Crippen LogP contribution in [0, 0.1) is 0 Å². The molecule has 0 N–H and O–H groups in total. The van der Waals surface area contributed by atoms with Gasteiger partial charge in [-0.05, 0) is 57.8 Å². The number of rotatable bonds is 7. The number of hydrogen-bond acceptors (Lipinski definition) is 4. The predicted molar refractivity (Wildman–Crippen MR) is 113 cm³/mol. The minimum Gasteiger partial charge on any atom is -0.493 e. The lowest BCUT2D eigenvalue weighted by Crippen LogP contribution is -2.41. The molecule has 26 heavy (non-hydrogen) atoms.